The predicted molar refractivity (Wildman–Crippen MR) is 89.1 cm³/mol. The Morgan fingerprint density at radius 2 is 1.95 bits per heavy atom. The molecule has 0 atom stereocenters. The average Bonchev–Trinajstić information content (AvgIpc) is 2.53. The number of methoxy groups -OCH3 is 1. The molecule has 1 fully saturated rings. The first-order chi connectivity index (χ1) is 10.2. The number of benzene rings is 1. The molecule has 1 aliphatic rings. The maximum absolute atomic E-state index is 5.05. The Labute approximate surface area is 129 Å². The van der Waals surface area contributed by atoms with E-state index in [4.69, 9.17) is 4.74 Å². The molecule has 0 aliphatic carbocycles. The molecule has 118 valence electrons. The van der Waals surface area contributed by atoms with E-state index in [-0.39, 0.29) is 0 Å². The van der Waals surface area contributed by atoms with Crippen molar-refractivity contribution in [3.8, 4) is 0 Å². The molecule has 4 heteroatoms. The standard InChI is InChI=1S/C17H29N3O/c1-4-19-8-10-20(11-9-19)17-6-5-16(15(2)13-17)14-18-7-12-21-3/h5-6,13,18H,4,7-12,14H2,1-3H3. The summed E-state index contributed by atoms with van der Waals surface area (Å²) in [6.45, 7) is 12.8. The first-order valence-corrected chi connectivity index (χ1v) is 8.01. The molecule has 1 aromatic carbocycles. The SMILES string of the molecule is CCN1CCN(c2ccc(CNCCOC)c(C)c2)CC1. The molecule has 0 unspecified atom stereocenters. The zero-order valence-electron chi connectivity index (χ0n) is 13.7. The quantitative estimate of drug-likeness (QED) is 0.776. The summed E-state index contributed by atoms with van der Waals surface area (Å²) in [4.78, 5) is 5.01. The first kappa shape index (κ1) is 16.3. The number of hydrogen-bond acceptors (Lipinski definition) is 4. The monoisotopic (exact) mass is 291 g/mol. The van der Waals surface area contributed by atoms with Crippen LogP contribution in [0.25, 0.3) is 0 Å². The highest BCUT2D eigenvalue weighted by Gasteiger charge is 2.16. The third-order valence-electron chi connectivity index (χ3n) is 4.31. The maximum Gasteiger partial charge on any atom is 0.0587 e. The van der Waals surface area contributed by atoms with Gasteiger partial charge in [0, 0.05) is 52.1 Å². The third kappa shape index (κ3) is 4.70. The van der Waals surface area contributed by atoms with Crippen molar-refractivity contribution in [1.29, 1.82) is 0 Å². The molecule has 2 rings (SSSR count). The Bertz CT molecular complexity index is 428. The van der Waals surface area contributed by atoms with Gasteiger partial charge >= 0.3 is 0 Å². The molecule has 21 heavy (non-hydrogen) atoms. The van der Waals surface area contributed by atoms with Crippen LogP contribution in [0.3, 0.4) is 0 Å². The lowest BCUT2D eigenvalue weighted by atomic mass is 10.1. The van der Waals surface area contributed by atoms with Gasteiger partial charge in [0.15, 0.2) is 0 Å². The summed E-state index contributed by atoms with van der Waals surface area (Å²) < 4.78 is 5.05. The minimum atomic E-state index is 0.763. The number of aryl methyl sites for hydroxylation is 1. The largest absolute Gasteiger partial charge is 0.383 e. The van der Waals surface area contributed by atoms with E-state index in [1.54, 1.807) is 7.11 Å². The fourth-order valence-electron chi connectivity index (χ4n) is 2.79. The van der Waals surface area contributed by atoms with Gasteiger partial charge in [-0.3, -0.25) is 0 Å². The topological polar surface area (TPSA) is 27.7 Å². The summed E-state index contributed by atoms with van der Waals surface area (Å²) in [7, 11) is 1.74. The molecular weight excluding hydrogens is 262 g/mol. The Morgan fingerprint density at radius 3 is 2.57 bits per heavy atom. The van der Waals surface area contributed by atoms with E-state index in [2.05, 4.69) is 47.2 Å². The molecule has 4 nitrogen and oxygen atoms in total. The van der Waals surface area contributed by atoms with Crippen LogP contribution in [-0.4, -0.2) is 57.9 Å². The van der Waals surface area contributed by atoms with Gasteiger partial charge in [-0.05, 0) is 36.7 Å². The van der Waals surface area contributed by atoms with Gasteiger partial charge in [-0.25, -0.2) is 0 Å². The van der Waals surface area contributed by atoms with Crippen molar-refractivity contribution in [2.24, 2.45) is 0 Å². The van der Waals surface area contributed by atoms with Crippen LogP contribution in [0.15, 0.2) is 18.2 Å². The molecule has 0 amide bonds. The van der Waals surface area contributed by atoms with Crippen molar-refractivity contribution in [3.63, 3.8) is 0 Å². The number of anilines is 1. The van der Waals surface area contributed by atoms with Crippen LogP contribution in [-0.2, 0) is 11.3 Å². The Balaban J connectivity index is 1.89. The van der Waals surface area contributed by atoms with Crippen LogP contribution in [0.4, 0.5) is 5.69 Å². The van der Waals surface area contributed by atoms with Crippen LogP contribution in [0.5, 0.6) is 0 Å². The third-order valence-corrected chi connectivity index (χ3v) is 4.31. The second-order valence-corrected chi connectivity index (χ2v) is 5.70. The molecule has 0 bridgehead atoms. The minimum absolute atomic E-state index is 0.763. The highest BCUT2D eigenvalue weighted by atomic mass is 16.5. The van der Waals surface area contributed by atoms with Crippen molar-refractivity contribution < 1.29 is 4.74 Å². The number of nitrogens with zero attached hydrogens (tertiary/aromatic N) is 2. The van der Waals surface area contributed by atoms with E-state index in [1.165, 1.54) is 36.4 Å². The van der Waals surface area contributed by atoms with Gasteiger partial charge in [-0.15, -0.1) is 0 Å². The van der Waals surface area contributed by atoms with E-state index in [0.29, 0.717) is 0 Å². The van der Waals surface area contributed by atoms with Crippen molar-refractivity contribution >= 4 is 5.69 Å². The van der Waals surface area contributed by atoms with Crippen LogP contribution >= 0.6 is 0 Å². The molecule has 0 spiro atoms. The number of ether oxygens (including phenoxy) is 1. The molecule has 1 heterocycles. The van der Waals surface area contributed by atoms with Gasteiger partial charge in [-0.1, -0.05) is 13.0 Å². The molecule has 0 saturated carbocycles. The van der Waals surface area contributed by atoms with Gasteiger partial charge in [0.1, 0.15) is 0 Å². The van der Waals surface area contributed by atoms with Crippen LogP contribution in [0.2, 0.25) is 0 Å². The van der Waals surface area contributed by atoms with Crippen molar-refractivity contribution in [1.82, 2.24) is 10.2 Å². The summed E-state index contributed by atoms with van der Waals surface area (Å²) in [5.41, 5.74) is 4.11. The highest BCUT2D eigenvalue weighted by Crippen LogP contribution is 2.20. The molecule has 1 saturated heterocycles. The van der Waals surface area contributed by atoms with Crippen LogP contribution in [0.1, 0.15) is 18.1 Å². The van der Waals surface area contributed by atoms with E-state index in [0.717, 1.165) is 32.8 Å². The minimum Gasteiger partial charge on any atom is -0.383 e. The summed E-state index contributed by atoms with van der Waals surface area (Å²) in [5.74, 6) is 0. The number of hydrogen-bond donors (Lipinski definition) is 1. The Morgan fingerprint density at radius 1 is 1.19 bits per heavy atom. The Kier molecular flexibility index (Phi) is 6.49. The maximum atomic E-state index is 5.05. The average molecular weight is 291 g/mol. The van der Waals surface area contributed by atoms with Gasteiger partial charge < -0.3 is 19.9 Å². The summed E-state index contributed by atoms with van der Waals surface area (Å²) in [5, 5.41) is 3.41. The second-order valence-electron chi connectivity index (χ2n) is 5.70. The number of rotatable bonds is 7. The van der Waals surface area contributed by atoms with Crippen molar-refractivity contribution in [2.45, 2.75) is 20.4 Å². The number of nitrogens with one attached hydrogen (secondary N) is 1. The van der Waals surface area contributed by atoms with Gasteiger partial charge in [-0.2, -0.15) is 0 Å². The lowest BCUT2D eigenvalue weighted by molar-refractivity contribution is 0.199. The van der Waals surface area contributed by atoms with Crippen LogP contribution < -0.4 is 10.2 Å². The second kappa shape index (κ2) is 8.37. The van der Waals surface area contributed by atoms with E-state index in [1.807, 2.05) is 0 Å². The van der Waals surface area contributed by atoms with Crippen molar-refractivity contribution in [2.75, 3.05) is 57.9 Å². The smallest absolute Gasteiger partial charge is 0.0587 e. The summed E-state index contributed by atoms with van der Waals surface area (Å²) in [6, 6.07) is 6.85. The lowest BCUT2D eigenvalue weighted by Crippen LogP contribution is -2.46. The molecular formula is C17H29N3O. The molecule has 1 aromatic rings. The first-order valence-electron chi connectivity index (χ1n) is 8.01. The number of piperazine rings is 1. The lowest BCUT2D eigenvalue weighted by Gasteiger charge is -2.35. The molecule has 1 aliphatic heterocycles. The number of likely N-dealkylation sites (N-methyl/N-ethyl adjacent to an activating group) is 1. The van der Waals surface area contributed by atoms with E-state index in [9.17, 15) is 0 Å². The van der Waals surface area contributed by atoms with E-state index < -0.39 is 0 Å². The fourth-order valence-corrected chi connectivity index (χ4v) is 2.79. The van der Waals surface area contributed by atoms with Gasteiger partial charge in [0.05, 0.1) is 6.61 Å². The van der Waals surface area contributed by atoms with Crippen LogP contribution in [0, 0.1) is 6.92 Å². The Hall–Kier alpha value is -1.10. The van der Waals surface area contributed by atoms with Crippen molar-refractivity contribution in [3.05, 3.63) is 29.3 Å². The van der Waals surface area contributed by atoms with Gasteiger partial charge in [0.25, 0.3) is 0 Å². The zero-order valence-corrected chi connectivity index (χ0v) is 13.7. The van der Waals surface area contributed by atoms with E-state index >= 15 is 0 Å². The molecule has 1 N–H and O–H groups in total. The fraction of sp³-hybridized carbons (Fsp3) is 0.647. The normalized spacial score (nSPS) is 16.4. The molecule has 0 radical (unpaired) electrons. The highest BCUT2D eigenvalue weighted by molar-refractivity contribution is 5.51. The van der Waals surface area contributed by atoms with Gasteiger partial charge in [0.2, 0.25) is 0 Å². The summed E-state index contributed by atoms with van der Waals surface area (Å²) >= 11 is 0. The summed E-state index contributed by atoms with van der Waals surface area (Å²) in [6.07, 6.45) is 0. The zero-order chi connectivity index (χ0) is 15.1. The predicted octanol–water partition coefficient (Wildman–Crippen LogP) is 1.87. The molecule has 0 aromatic heterocycles.